The van der Waals surface area contributed by atoms with Gasteiger partial charge < -0.3 is 5.32 Å². The van der Waals surface area contributed by atoms with Gasteiger partial charge in [0.25, 0.3) is 0 Å². The molecule has 0 radical (unpaired) electrons. The molecule has 1 heterocycles. The fourth-order valence-electron chi connectivity index (χ4n) is 1.57. The molecule has 1 aromatic heterocycles. The van der Waals surface area contributed by atoms with Gasteiger partial charge in [-0.1, -0.05) is 19.9 Å². The molecule has 0 bridgehead atoms. The van der Waals surface area contributed by atoms with E-state index in [1.165, 1.54) is 0 Å². The number of carbonyl (C=O) groups excluding carboxylic acids is 1. The second-order valence-corrected chi connectivity index (χ2v) is 4.77. The molecule has 1 aromatic rings. The number of aryl methyl sites for hydroxylation is 1. The number of nitrogens with one attached hydrogen (secondary N) is 1. The van der Waals surface area contributed by atoms with E-state index in [2.05, 4.69) is 36.1 Å². The van der Waals surface area contributed by atoms with Crippen LogP contribution in [0.5, 0.6) is 0 Å². The maximum atomic E-state index is 11.4. The molecule has 0 fully saturated rings. The molecule has 0 spiro atoms. The highest BCUT2D eigenvalue weighted by Crippen LogP contribution is 1.96. The molecule has 0 aliphatic heterocycles. The maximum Gasteiger partial charge on any atom is 0.220 e. The van der Waals surface area contributed by atoms with Crippen LogP contribution in [-0.4, -0.2) is 12.5 Å². The van der Waals surface area contributed by atoms with Gasteiger partial charge in [0.05, 0.1) is 0 Å². The monoisotopic (exact) mass is 235 g/mol. The molecule has 0 atom stereocenters. The topological polar surface area (TPSA) is 33.0 Å². The van der Waals surface area contributed by atoms with Crippen molar-refractivity contribution in [2.24, 2.45) is 5.92 Å². The lowest BCUT2D eigenvalue weighted by atomic mass is 10.2. The van der Waals surface area contributed by atoms with Gasteiger partial charge in [0, 0.05) is 31.5 Å². The number of pyridine rings is 1. The summed E-state index contributed by atoms with van der Waals surface area (Å²) in [6.07, 6.45) is 6.74. The molecule has 0 saturated carbocycles. The Morgan fingerprint density at radius 2 is 1.88 bits per heavy atom. The van der Waals surface area contributed by atoms with E-state index < -0.39 is 0 Å². The van der Waals surface area contributed by atoms with E-state index in [0.717, 1.165) is 25.9 Å². The first kappa shape index (κ1) is 13.7. The van der Waals surface area contributed by atoms with Crippen LogP contribution in [0.15, 0.2) is 30.6 Å². The Balaban J connectivity index is 2.06. The normalized spacial score (nSPS) is 10.5. The van der Waals surface area contributed by atoms with Crippen molar-refractivity contribution < 1.29 is 9.36 Å². The van der Waals surface area contributed by atoms with Crippen LogP contribution in [0.2, 0.25) is 0 Å². The summed E-state index contributed by atoms with van der Waals surface area (Å²) in [4.78, 5) is 11.4. The molecule has 0 unspecified atom stereocenters. The quantitative estimate of drug-likeness (QED) is 0.568. The molecule has 0 aromatic carbocycles. The summed E-state index contributed by atoms with van der Waals surface area (Å²) in [5, 5.41) is 2.94. The summed E-state index contributed by atoms with van der Waals surface area (Å²) in [6, 6.07) is 6.06. The van der Waals surface area contributed by atoms with Gasteiger partial charge in [-0.25, -0.2) is 4.57 Å². The number of nitrogens with zero attached hydrogens (tertiary/aromatic N) is 1. The van der Waals surface area contributed by atoms with Crippen LogP contribution in [-0.2, 0) is 11.3 Å². The molecular formula is C14H23N2O+. The first-order valence-corrected chi connectivity index (χ1v) is 6.39. The number of hydrogen-bond acceptors (Lipinski definition) is 1. The largest absolute Gasteiger partial charge is 0.356 e. The van der Waals surface area contributed by atoms with Gasteiger partial charge in [0.15, 0.2) is 12.4 Å². The SMILES string of the molecule is CC(C)CNC(=O)CCCC[n+]1ccccc1. The molecule has 3 nitrogen and oxygen atoms in total. The number of unbranched alkanes of at least 4 members (excludes halogenated alkanes) is 1. The molecule has 1 amide bonds. The number of carbonyl (C=O) groups is 1. The highest BCUT2D eigenvalue weighted by Gasteiger charge is 2.03. The third-order valence-corrected chi connectivity index (χ3v) is 2.55. The van der Waals surface area contributed by atoms with E-state index in [0.29, 0.717) is 12.3 Å². The van der Waals surface area contributed by atoms with Crippen molar-refractivity contribution in [3.05, 3.63) is 30.6 Å². The van der Waals surface area contributed by atoms with Crippen molar-refractivity contribution in [2.45, 2.75) is 39.7 Å². The number of amides is 1. The van der Waals surface area contributed by atoms with Crippen LogP contribution in [0.4, 0.5) is 0 Å². The zero-order chi connectivity index (χ0) is 12.5. The minimum absolute atomic E-state index is 0.178. The Labute approximate surface area is 104 Å². The highest BCUT2D eigenvalue weighted by molar-refractivity contribution is 5.75. The van der Waals surface area contributed by atoms with Gasteiger partial charge in [-0.15, -0.1) is 0 Å². The van der Waals surface area contributed by atoms with E-state index in [-0.39, 0.29) is 5.91 Å². The molecule has 3 heteroatoms. The summed E-state index contributed by atoms with van der Waals surface area (Å²) in [5.74, 6) is 0.704. The molecular weight excluding hydrogens is 212 g/mol. The molecule has 1 N–H and O–H groups in total. The maximum absolute atomic E-state index is 11.4. The van der Waals surface area contributed by atoms with Crippen LogP contribution in [0.25, 0.3) is 0 Å². The number of rotatable bonds is 7. The lowest BCUT2D eigenvalue weighted by Gasteiger charge is -2.06. The zero-order valence-corrected chi connectivity index (χ0v) is 10.9. The highest BCUT2D eigenvalue weighted by atomic mass is 16.1. The Hall–Kier alpha value is -1.38. The fraction of sp³-hybridized carbons (Fsp3) is 0.571. The predicted octanol–water partition coefficient (Wildman–Crippen LogP) is 1.92. The Morgan fingerprint density at radius 1 is 1.18 bits per heavy atom. The second-order valence-electron chi connectivity index (χ2n) is 4.77. The van der Waals surface area contributed by atoms with E-state index in [1.807, 2.05) is 18.2 Å². The van der Waals surface area contributed by atoms with Gasteiger partial charge in [0.1, 0.15) is 6.54 Å². The standard InChI is InChI=1S/C14H22N2O/c1-13(2)12-15-14(17)8-4-7-11-16-9-5-3-6-10-16/h3,5-6,9-10,13H,4,7-8,11-12H2,1-2H3/p+1. The smallest absolute Gasteiger partial charge is 0.220 e. The second kappa shape index (κ2) is 7.82. The predicted molar refractivity (Wildman–Crippen MR) is 68.3 cm³/mol. The summed E-state index contributed by atoms with van der Waals surface area (Å²) >= 11 is 0. The first-order valence-electron chi connectivity index (χ1n) is 6.39. The Morgan fingerprint density at radius 3 is 2.53 bits per heavy atom. The summed E-state index contributed by atoms with van der Waals surface area (Å²) < 4.78 is 2.14. The summed E-state index contributed by atoms with van der Waals surface area (Å²) in [6.45, 7) is 5.98. The fourth-order valence-corrected chi connectivity index (χ4v) is 1.57. The number of aromatic nitrogens is 1. The van der Waals surface area contributed by atoms with Gasteiger partial charge in [-0.2, -0.15) is 0 Å². The Kier molecular flexibility index (Phi) is 6.30. The third-order valence-electron chi connectivity index (χ3n) is 2.55. The zero-order valence-electron chi connectivity index (χ0n) is 10.9. The summed E-state index contributed by atoms with van der Waals surface area (Å²) in [5.41, 5.74) is 0. The first-order chi connectivity index (χ1) is 8.18. The Bertz CT molecular complexity index is 322. The van der Waals surface area contributed by atoms with E-state index >= 15 is 0 Å². The van der Waals surface area contributed by atoms with Crippen molar-refractivity contribution in [2.75, 3.05) is 6.54 Å². The molecule has 0 saturated heterocycles. The number of hydrogen-bond donors (Lipinski definition) is 1. The molecule has 0 aliphatic rings. The molecule has 1 rings (SSSR count). The van der Waals surface area contributed by atoms with Crippen LogP contribution in [0.1, 0.15) is 33.1 Å². The van der Waals surface area contributed by atoms with E-state index in [1.54, 1.807) is 0 Å². The average molecular weight is 235 g/mol. The van der Waals surface area contributed by atoms with Gasteiger partial charge in [-0.3, -0.25) is 4.79 Å². The minimum atomic E-state index is 0.178. The van der Waals surface area contributed by atoms with Crippen LogP contribution in [0, 0.1) is 5.92 Å². The van der Waals surface area contributed by atoms with E-state index in [4.69, 9.17) is 0 Å². The minimum Gasteiger partial charge on any atom is -0.356 e. The van der Waals surface area contributed by atoms with Crippen molar-refractivity contribution in [1.29, 1.82) is 0 Å². The van der Waals surface area contributed by atoms with Gasteiger partial charge in [0.2, 0.25) is 5.91 Å². The lowest BCUT2D eigenvalue weighted by molar-refractivity contribution is -0.697. The van der Waals surface area contributed by atoms with Crippen LogP contribution < -0.4 is 9.88 Å². The van der Waals surface area contributed by atoms with Crippen LogP contribution in [0.3, 0.4) is 0 Å². The van der Waals surface area contributed by atoms with Crippen molar-refractivity contribution in [3.63, 3.8) is 0 Å². The molecule has 17 heavy (non-hydrogen) atoms. The van der Waals surface area contributed by atoms with Crippen molar-refractivity contribution >= 4 is 5.91 Å². The summed E-state index contributed by atoms with van der Waals surface area (Å²) in [7, 11) is 0. The van der Waals surface area contributed by atoms with Crippen molar-refractivity contribution in [3.8, 4) is 0 Å². The molecule has 94 valence electrons. The van der Waals surface area contributed by atoms with Gasteiger partial charge >= 0.3 is 0 Å². The van der Waals surface area contributed by atoms with Crippen molar-refractivity contribution in [1.82, 2.24) is 5.32 Å². The van der Waals surface area contributed by atoms with Crippen LogP contribution >= 0.6 is 0 Å². The van der Waals surface area contributed by atoms with Gasteiger partial charge in [-0.05, 0) is 12.3 Å². The molecule has 0 aliphatic carbocycles. The van der Waals surface area contributed by atoms with E-state index in [9.17, 15) is 4.79 Å². The average Bonchev–Trinajstić information content (AvgIpc) is 2.33. The third kappa shape index (κ3) is 6.72. The lowest BCUT2D eigenvalue weighted by Crippen LogP contribution is -2.32.